The molecule has 100 valence electrons. The molecule has 19 heavy (non-hydrogen) atoms. The monoisotopic (exact) mass is 278 g/mol. The Hall–Kier alpha value is -2.00. The number of nitrogens with one attached hydrogen (secondary N) is 1. The SMILES string of the molecule is CCC(NC(=O)c1ccccc1SCC#N)C(=O)O. The molecule has 0 aromatic heterocycles. The third-order valence-corrected chi connectivity index (χ3v) is 3.38. The number of thioether (sulfide) groups is 1. The van der Waals surface area contributed by atoms with Crippen molar-refractivity contribution >= 4 is 23.6 Å². The number of nitriles is 1. The number of rotatable bonds is 6. The smallest absolute Gasteiger partial charge is 0.326 e. The van der Waals surface area contributed by atoms with Crippen molar-refractivity contribution in [2.45, 2.75) is 24.3 Å². The Morgan fingerprint density at radius 3 is 2.74 bits per heavy atom. The molecular weight excluding hydrogens is 264 g/mol. The molecule has 1 aromatic carbocycles. The van der Waals surface area contributed by atoms with Gasteiger partial charge in [0, 0.05) is 4.90 Å². The van der Waals surface area contributed by atoms with Crippen molar-refractivity contribution < 1.29 is 14.7 Å². The van der Waals surface area contributed by atoms with Crippen molar-refractivity contribution in [2.24, 2.45) is 0 Å². The summed E-state index contributed by atoms with van der Waals surface area (Å²) in [5, 5.41) is 19.9. The summed E-state index contributed by atoms with van der Waals surface area (Å²) in [5.41, 5.74) is 0.391. The van der Waals surface area contributed by atoms with Crippen molar-refractivity contribution in [3.05, 3.63) is 29.8 Å². The van der Waals surface area contributed by atoms with Crippen molar-refractivity contribution in [1.82, 2.24) is 5.32 Å². The van der Waals surface area contributed by atoms with Crippen molar-refractivity contribution in [1.29, 1.82) is 5.26 Å². The van der Waals surface area contributed by atoms with Crippen LogP contribution in [0, 0.1) is 11.3 Å². The summed E-state index contributed by atoms with van der Waals surface area (Å²) < 4.78 is 0. The van der Waals surface area contributed by atoms with Gasteiger partial charge in [0.15, 0.2) is 0 Å². The molecule has 0 bridgehead atoms. The molecule has 2 N–H and O–H groups in total. The molecular formula is C13H14N2O3S. The molecule has 1 aromatic rings. The zero-order valence-electron chi connectivity index (χ0n) is 10.4. The molecule has 6 heteroatoms. The summed E-state index contributed by atoms with van der Waals surface area (Å²) in [5.74, 6) is -1.26. The van der Waals surface area contributed by atoms with Crippen molar-refractivity contribution in [3.8, 4) is 6.07 Å². The van der Waals surface area contributed by atoms with Crippen LogP contribution in [0.1, 0.15) is 23.7 Å². The summed E-state index contributed by atoms with van der Waals surface area (Å²) >= 11 is 1.25. The third kappa shape index (κ3) is 4.30. The highest BCUT2D eigenvalue weighted by atomic mass is 32.2. The van der Waals surface area contributed by atoms with Crippen LogP contribution in [0.15, 0.2) is 29.2 Å². The predicted octanol–water partition coefficient (Wildman–Crippen LogP) is 1.90. The van der Waals surface area contributed by atoms with Crippen LogP contribution >= 0.6 is 11.8 Å². The number of carbonyl (C=O) groups excluding carboxylic acids is 1. The first kappa shape index (κ1) is 15.1. The van der Waals surface area contributed by atoms with Crippen LogP contribution in [-0.4, -0.2) is 28.8 Å². The number of hydrogen-bond acceptors (Lipinski definition) is 4. The Labute approximate surface area is 115 Å². The highest BCUT2D eigenvalue weighted by molar-refractivity contribution is 7.99. The molecule has 0 radical (unpaired) electrons. The largest absolute Gasteiger partial charge is 0.480 e. The lowest BCUT2D eigenvalue weighted by atomic mass is 10.1. The number of aliphatic carboxylic acids is 1. The first-order valence-corrected chi connectivity index (χ1v) is 6.71. The lowest BCUT2D eigenvalue weighted by Crippen LogP contribution is -2.40. The molecule has 0 heterocycles. The van der Waals surface area contributed by atoms with E-state index in [1.54, 1.807) is 31.2 Å². The molecule has 1 rings (SSSR count). The van der Waals surface area contributed by atoms with E-state index in [0.717, 1.165) is 0 Å². The van der Waals surface area contributed by atoms with Gasteiger partial charge in [-0.2, -0.15) is 5.26 Å². The highest BCUT2D eigenvalue weighted by Gasteiger charge is 2.20. The van der Waals surface area contributed by atoms with Gasteiger partial charge in [-0.25, -0.2) is 4.79 Å². The highest BCUT2D eigenvalue weighted by Crippen LogP contribution is 2.22. The third-order valence-electron chi connectivity index (χ3n) is 2.44. The number of carboxylic acids is 1. The Bertz CT molecular complexity index is 511. The van der Waals surface area contributed by atoms with Crippen LogP contribution in [0.2, 0.25) is 0 Å². The topological polar surface area (TPSA) is 90.2 Å². The number of amides is 1. The molecule has 0 fully saturated rings. The van der Waals surface area contributed by atoms with Gasteiger partial charge in [0.2, 0.25) is 0 Å². The molecule has 0 aliphatic carbocycles. The lowest BCUT2D eigenvalue weighted by Gasteiger charge is -2.13. The average molecular weight is 278 g/mol. The van der Waals surface area contributed by atoms with E-state index in [1.807, 2.05) is 6.07 Å². The zero-order valence-corrected chi connectivity index (χ0v) is 11.2. The van der Waals surface area contributed by atoms with E-state index < -0.39 is 17.9 Å². The summed E-state index contributed by atoms with van der Waals surface area (Å²) in [6.07, 6.45) is 0.314. The van der Waals surface area contributed by atoms with E-state index in [1.165, 1.54) is 11.8 Å². The van der Waals surface area contributed by atoms with Gasteiger partial charge in [0.05, 0.1) is 17.4 Å². The Balaban J connectivity index is 2.87. The number of nitrogens with zero attached hydrogens (tertiary/aromatic N) is 1. The van der Waals surface area contributed by atoms with E-state index in [-0.39, 0.29) is 5.75 Å². The van der Waals surface area contributed by atoms with Gasteiger partial charge in [-0.05, 0) is 18.6 Å². The Morgan fingerprint density at radius 2 is 2.16 bits per heavy atom. The normalized spacial score (nSPS) is 11.4. The first-order chi connectivity index (χ1) is 9.10. The van der Waals surface area contributed by atoms with Crippen molar-refractivity contribution in [2.75, 3.05) is 5.75 Å². The van der Waals surface area contributed by atoms with Crippen LogP contribution in [0.5, 0.6) is 0 Å². The van der Waals surface area contributed by atoms with E-state index in [9.17, 15) is 9.59 Å². The van der Waals surface area contributed by atoms with Gasteiger partial charge in [-0.3, -0.25) is 4.79 Å². The Morgan fingerprint density at radius 1 is 1.47 bits per heavy atom. The fourth-order valence-electron chi connectivity index (χ4n) is 1.46. The van der Waals surface area contributed by atoms with E-state index in [0.29, 0.717) is 16.9 Å². The minimum Gasteiger partial charge on any atom is -0.480 e. The van der Waals surface area contributed by atoms with Gasteiger partial charge in [0.25, 0.3) is 5.91 Å². The molecule has 1 atom stereocenters. The summed E-state index contributed by atoms with van der Waals surface area (Å²) in [7, 11) is 0. The van der Waals surface area contributed by atoms with Gasteiger partial charge >= 0.3 is 5.97 Å². The number of carboxylic acid groups (broad SMARTS) is 1. The predicted molar refractivity (Wildman–Crippen MR) is 72.0 cm³/mol. The fourth-order valence-corrected chi connectivity index (χ4v) is 2.18. The molecule has 0 aliphatic heterocycles. The summed E-state index contributed by atoms with van der Waals surface area (Å²) in [4.78, 5) is 23.6. The number of hydrogen-bond donors (Lipinski definition) is 2. The summed E-state index contributed by atoms with van der Waals surface area (Å²) in [6.45, 7) is 1.69. The van der Waals surface area contributed by atoms with Crippen molar-refractivity contribution in [3.63, 3.8) is 0 Å². The summed E-state index contributed by atoms with van der Waals surface area (Å²) in [6, 6.07) is 7.91. The second kappa shape index (κ2) is 7.44. The minimum absolute atomic E-state index is 0.237. The van der Waals surface area contributed by atoms with Crippen LogP contribution in [0.3, 0.4) is 0 Å². The maximum atomic E-state index is 12.0. The maximum Gasteiger partial charge on any atom is 0.326 e. The molecule has 0 saturated heterocycles. The molecule has 0 spiro atoms. The quantitative estimate of drug-likeness (QED) is 0.775. The van der Waals surface area contributed by atoms with E-state index in [4.69, 9.17) is 10.4 Å². The fraction of sp³-hybridized carbons (Fsp3) is 0.308. The van der Waals surface area contributed by atoms with Crippen LogP contribution in [-0.2, 0) is 4.79 Å². The van der Waals surface area contributed by atoms with Gasteiger partial charge in [-0.1, -0.05) is 19.1 Å². The van der Waals surface area contributed by atoms with Gasteiger partial charge < -0.3 is 10.4 Å². The van der Waals surface area contributed by atoms with Gasteiger partial charge in [0.1, 0.15) is 6.04 Å². The van der Waals surface area contributed by atoms with Gasteiger partial charge in [-0.15, -0.1) is 11.8 Å². The van der Waals surface area contributed by atoms with Crippen LogP contribution in [0.25, 0.3) is 0 Å². The maximum absolute atomic E-state index is 12.0. The second-order valence-electron chi connectivity index (χ2n) is 3.72. The lowest BCUT2D eigenvalue weighted by molar-refractivity contribution is -0.139. The van der Waals surface area contributed by atoms with E-state index in [2.05, 4.69) is 5.32 Å². The first-order valence-electron chi connectivity index (χ1n) is 5.72. The zero-order chi connectivity index (χ0) is 14.3. The van der Waals surface area contributed by atoms with Crippen LogP contribution in [0.4, 0.5) is 0 Å². The standard InChI is InChI=1S/C13H14N2O3S/c1-2-10(13(17)18)15-12(16)9-5-3-4-6-11(9)19-8-7-14/h3-6,10H,2,8H2,1H3,(H,15,16)(H,17,18). The Kier molecular flexibility index (Phi) is 5.90. The minimum atomic E-state index is -1.06. The second-order valence-corrected chi connectivity index (χ2v) is 4.73. The molecule has 0 aliphatic rings. The number of benzene rings is 1. The molecule has 1 unspecified atom stereocenters. The molecule has 0 saturated carbocycles. The molecule has 5 nitrogen and oxygen atoms in total. The van der Waals surface area contributed by atoms with E-state index >= 15 is 0 Å². The average Bonchev–Trinajstić information content (AvgIpc) is 2.42. The number of carbonyl (C=O) groups is 2. The molecule has 1 amide bonds. The van der Waals surface area contributed by atoms with Crippen LogP contribution < -0.4 is 5.32 Å².